The number of hydrogen-bond donors (Lipinski definition) is 1. The summed E-state index contributed by atoms with van der Waals surface area (Å²) < 4.78 is 32.2. The van der Waals surface area contributed by atoms with Crippen molar-refractivity contribution in [2.75, 3.05) is 12.4 Å². The SMILES string of the molecule is COc1cc(Cl)c(C)cc1NC(=O)c1c(F)cccc1F. The largest absolute Gasteiger partial charge is 0.495 e. The van der Waals surface area contributed by atoms with Gasteiger partial charge in [0, 0.05) is 11.1 Å². The number of carbonyl (C=O) groups excluding carboxylic acids is 1. The van der Waals surface area contributed by atoms with Crippen molar-refractivity contribution in [3.8, 4) is 5.75 Å². The smallest absolute Gasteiger partial charge is 0.261 e. The molecule has 1 N–H and O–H groups in total. The molecule has 2 rings (SSSR count). The molecule has 0 aliphatic heterocycles. The molecule has 0 aromatic heterocycles. The Bertz CT molecular complexity index is 684. The zero-order valence-corrected chi connectivity index (χ0v) is 12.1. The summed E-state index contributed by atoms with van der Waals surface area (Å²) >= 11 is 5.96. The first kappa shape index (κ1) is 15.3. The summed E-state index contributed by atoms with van der Waals surface area (Å²) in [6.07, 6.45) is 0. The van der Waals surface area contributed by atoms with Crippen molar-refractivity contribution >= 4 is 23.2 Å². The number of nitrogens with one attached hydrogen (secondary N) is 1. The molecule has 0 aliphatic carbocycles. The van der Waals surface area contributed by atoms with E-state index in [9.17, 15) is 13.6 Å². The second-order valence-electron chi connectivity index (χ2n) is 4.35. The Hall–Kier alpha value is -2.14. The van der Waals surface area contributed by atoms with Gasteiger partial charge in [0.1, 0.15) is 22.9 Å². The summed E-state index contributed by atoms with van der Waals surface area (Å²) in [5.41, 5.74) is 0.334. The van der Waals surface area contributed by atoms with Crippen LogP contribution in [0.3, 0.4) is 0 Å². The third kappa shape index (κ3) is 3.13. The van der Waals surface area contributed by atoms with Crippen LogP contribution < -0.4 is 10.1 Å². The molecule has 0 radical (unpaired) electrons. The molecule has 0 atom stereocenters. The molecule has 3 nitrogen and oxygen atoms in total. The number of carbonyl (C=O) groups is 1. The van der Waals surface area contributed by atoms with Gasteiger partial charge in [-0.2, -0.15) is 0 Å². The first-order valence-corrected chi connectivity index (χ1v) is 6.41. The van der Waals surface area contributed by atoms with Crippen LogP contribution in [0.1, 0.15) is 15.9 Å². The van der Waals surface area contributed by atoms with Crippen molar-refractivity contribution in [1.29, 1.82) is 0 Å². The van der Waals surface area contributed by atoms with Gasteiger partial charge in [-0.25, -0.2) is 8.78 Å². The topological polar surface area (TPSA) is 38.3 Å². The average molecular weight is 312 g/mol. The monoisotopic (exact) mass is 311 g/mol. The van der Waals surface area contributed by atoms with E-state index in [1.54, 1.807) is 13.0 Å². The molecule has 2 aromatic carbocycles. The Labute approximate surface area is 125 Å². The van der Waals surface area contributed by atoms with E-state index in [2.05, 4.69) is 5.32 Å². The van der Waals surface area contributed by atoms with E-state index in [0.29, 0.717) is 16.3 Å². The summed E-state index contributed by atoms with van der Waals surface area (Å²) in [5, 5.41) is 2.88. The van der Waals surface area contributed by atoms with Crippen molar-refractivity contribution in [1.82, 2.24) is 0 Å². The molecule has 0 fully saturated rings. The van der Waals surface area contributed by atoms with E-state index in [1.807, 2.05) is 0 Å². The number of halogens is 3. The summed E-state index contributed by atoms with van der Waals surface area (Å²) in [5.74, 6) is -2.46. The Morgan fingerprint density at radius 2 is 1.86 bits per heavy atom. The molecule has 0 unspecified atom stereocenters. The third-order valence-electron chi connectivity index (χ3n) is 2.92. The molecule has 6 heteroatoms. The molecule has 0 heterocycles. The van der Waals surface area contributed by atoms with E-state index in [0.717, 1.165) is 12.1 Å². The number of benzene rings is 2. The van der Waals surface area contributed by atoms with Crippen molar-refractivity contribution in [3.63, 3.8) is 0 Å². The fourth-order valence-electron chi connectivity index (χ4n) is 1.83. The van der Waals surface area contributed by atoms with Gasteiger partial charge in [0.2, 0.25) is 0 Å². The number of hydrogen-bond acceptors (Lipinski definition) is 2. The summed E-state index contributed by atoms with van der Waals surface area (Å²) in [7, 11) is 1.40. The van der Waals surface area contributed by atoms with Crippen LogP contribution in [0.5, 0.6) is 5.75 Å². The highest BCUT2D eigenvalue weighted by Crippen LogP contribution is 2.31. The maximum Gasteiger partial charge on any atom is 0.261 e. The molecule has 0 saturated carbocycles. The third-order valence-corrected chi connectivity index (χ3v) is 3.33. The number of amides is 1. The van der Waals surface area contributed by atoms with Gasteiger partial charge in [-0.05, 0) is 30.7 Å². The normalized spacial score (nSPS) is 10.3. The predicted molar refractivity (Wildman–Crippen MR) is 77.1 cm³/mol. The van der Waals surface area contributed by atoms with Crippen LogP contribution in [0.25, 0.3) is 0 Å². The lowest BCUT2D eigenvalue weighted by molar-refractivity contribution is 0.101. The maximum atomic E-state index is 13.6. The highest BCUT2D eigenvalue weighted by atomic mass is 35.5. The number of aryl methyl sites for hydroxylation is 1. The van der Waals surface area contributed by atoms with Crippen LogP contribution in [0.4, 0.5) is 14.5 Å². The number of ether oxygens (including phenoxy) is 1. The van der Waals surface area contributed by atoms with Crippen LogP contribution in [0, 0.1) is 18.6 Å². The van der Waals surface area contributed by atoms with Gasteiger partial charge >= 0.3 is 0 Å². The first-order chi connectivity index (χ1) is 9.93. The fraction of sp³-hybridized carbons (Fsp3) is 0.133. The van der Waals surface area contributed by atoms with Crippen LogP contribution in [-0.2, 0) is 0 Å². The summed E-state index contributed by atoms with van der Waals surface area (Å²) in [4.78, 5) is 12.0. The van der Waals surface area contributed by atoms with E-state index < -0.39 is 23.1 Å². The summed E-state index contributed by atoms with van der Waals surface area (Å²) in [6.45, 7) is 1.74. The number of rotatable bonds is 3. The van der Waals surface area contributed by atoms with E-state index in [1.165, 1.54) is 19.2 Å². The van der Waals surface area contributed by atoms with Gasteiger partial charge in [0.15, 0.2) is 0 Å². The Morgan fingerprint density at radius 1 is 1.24 bits per heavy atom. The van der Waals surface area contributed by atoms with Gasteiger partial charge < -0.3 is 10.1 Å². The molecule has 0 bridgehead atoms. The molecule has 0 spiro atoms. The lowest BCUT2D eigenvalue weighted by atomic mass is 10.1. The van der Waals surface area contributed by atoms with E-state index in [4.69, 9.17) is 16.3 Å². The van der Waals surface area contributed by atoms with Crippen molar-refractivity contribution in [3.05, 3.63) is 58.1 Å². The minimum Gasteiger partial charge on any atom is -0.495 e. The minimum absolute atomic E-state index is 0.284. The second kappa shape index (κ2) is 6.10. The Morgan fingerprint density at radius 3 is 2.43 bits per heavy atom. The molecular weight excluding hydrogens is 300 g/mol. The van der Waals surface area contributed by atoms with Gasteiger partial charge in [0.05, 0.1) is 12.8 Å². The standard InChI is InChI=1S/C15H12ClF2NO2/c1-8-6-12(13(21-2)7-9(8)16)19-15(20)14-10(17)4-3-5-11(14)18/h3-7H,1-2H3,(H,19,20). The van der Waals surface area contributed by atoms with Crippen LogP contribution in [0.2, 0.25) is 5.02 Å². The van der Waals surface area contributed by atoms with E-state index >= 15 is 0 Å². The fourth-order valence-corrected chi connectivity index (χ4v) is 1.98. The zero-order chi connectivity index (χ0) is 15.6. The highest BCUT2D eigenvalue weighted by molar-refractivity contribution is 6.31. The minimum atomic E-state index is -0.933. The van der Waals surface area contributed by atoms with Gasteiger partial charge in [-0.3, -0.25) is 4.79 Å². The lowest BCUT2D eigenvalue weighted by Gasteiger charge is -2.12. The maximum absolute atomic E-state index is 13.6. The zero-order valence-electron chi connectivity index (χ0n) is 11.3. The molecule has 110 valence electrons. The molecule has 0 aliphatic rings. The molecule has 21 heavy (non-hydrogen) atoms. The van der Waals surface area contributed by atoms with Gasteiger partial charge in [-0.1, -0.05) is 17.7 Å². The molecule has 2 aromatic rings. The molecular formula is C15H12ClF2NO2. The Balaban J connectivity index is 2.38. The van der Waals surface area contributed by atoms with Crippen molar-refractivity contribution < 1.29 is 18.3 Å². The van der Waals surface area contributed by atoms with Crippen LogP contribution in [0.15, 0.2) is 30.3 Å². The van der Waals surface area contributed by atoms with Crippen LogP contribution >= 0.6 is 11.6 Å². The number of anilines is 1. The quantitative estimate of drug-likeness (QED) is 0.923. The molecule has 0 saturated heterocycles. The second-order valence-corrected chi connectivity index (χ2v) is 4.76. The highest BCUT2D eigenvalue weighted by Gasteiger charge is 2.19. The predicted octanol–water partition coefficient (Wildman–Crippen LogP) is 4.19. The first-order valence-electron chi connectivity index (χ1n) is 6.03. The van der Waals surface area contributed by atoms with Crippen molar-refractivity contribution in [2.24, 2.45) is 0 Å². The van der Waals surface area contributed by atoms with Crippen molar-refractivity contribution in [2.45, 2.75) is 6.92 Å². The van der Waals surface area contributed by atoms with Gasteiger partial charge in [-0.15, -0.1) is 0 Å². The van der Waals surface area contributed by atoms with Crippen LogP contribution in [-0.4, -0.2) is 13.0 Å². The summed E-state index contributed by atoms with van der Waals surface area (Å²) in [6, 6.07) is 6.31. The lowest BCUT2D eigenvalue weighted by Crippen LogP contribution is -2.16. The average Bonchev–Trinajstić information content (AvgIpc) is 2.42. The van der Waals surface area contributed by atoms with Gasteiger partial charge in [0.25, 0.3) is 5.91 Å². The number of methoxy groups -OCH3 is 1. The van der Waals surface area contributed by atoms with E-state index in [-0.39, 0.29) is 5.69 Å². The molecule has 1 amide bonds. The Kier molecular flexibility index (Phi) is 4.43.